The SMILES string of the molecule is CCNC(=NCCOc1ccccc1C(C)C)NC1CCc2nc(C)nn2C1. The van der Waals surface area contributed by atoms with E-state index in [4.69, 9.17) is 4.74 Å². The van der Waals surface area contributed by atoms with Crippen molar-refractivity contribution < 1.29 is 4.74 Å². The molecule has 0 fully saturated rings. The molecule has 152 valence electrons. The molecule has 1 aliphatic heterocycles. The lowest BCUT2D eigenvalue weighted by molar-refractivity contribution is 0.323. The molecule has 1 aromatic carbocycles. The van der Waals surface area contributed by atoms with Gasteiger partial charge in [0, 0.05) is 19.0 Å². The molecule has 1 atom stereocenters. The number of nitrogens with zero attached hydrogens (tertiary/aromatic N) is 4. The fourth-order valence-electron chi connectivity index (χ4n) is 3.47. The van der Waals surface area contributed by atoms with Crippen molar-refractivity contribution in [2.45, 2.75) is 59.0 Å². The third-order valence-electron chi connectivity index (χ3n) is 4.81. The summed E-state index contributed by atoms with van der Waals surface area (Å²) in [4.78, 5) is 9.15. The van der Waals surface area contributed by atoms with E-state index in [0.717, 1.165) is 49.3 Å². The second-order valence-corrected chi connectivity index (χ2v) is 7.44. The van der Waals surface area contributed by atoms with Crippen LogP contribution in [-0.4, -0.2) is 46.5 Å². The highest BCUT2D eigenvalue weighted by Gasteiger charge is 2.21. The lowest BCUT2D eigenvalue weighted by Gasteiger charge is -2.25. The standard InChI is InChI=1S/C21H32N6O/c1-5-22-21(25-17-10-11-20-24-16(4)26-27(20)14-17)23-12-13-28-19-9-7-6-8-18(19)15(2)3/h6-9,15,17H,5,10-14H2,1-4H3,(H2,22,23,25). The van der Waals surface area contributed by atoms with Crippen LogP contribution in [0, 0.1) is 6.92 Å². The number of para-hydroxylation sites is 1. The number of aryl methyl sites for hydroxylation is 2. The molecule has 7 heteroatoms. The molecule has 0 saturated carbocycles. The Morgan fingerprint density at radius 1 is 1.36 bits per heavy atom. The first-order chi connectivity index (χ1) is 13.6. The van der Waals surface area contributed by atoms with Crippen LogP contribution in [-0.2, 0) is 13.0 Å². The van der Waals surface area contributed by atoms with Gasteiger partial charge in [0.05, 0.1) is 13.1 Å². The van der Waals surface area contributed by atoms with E-state index >= 15 is 0 Å². The summed E-state index contributed by atoms with van der Waals surface area (Å²) in [5.41, 5.74) is 1.23. The van der Waals surface area contributed by atoms with Crippen LogP contribution >= 0.6 is 0 Å². The third kappa shape index (κ3) is 5.24. The van der Waals surface area contributed by atoms with Crippen molar-refractivity contribution in [2.24, 2.45) is 4.99 Å². The molecular formula is C21H32N6O. The van der Waals surface area contributed by atoms with E-state index in [9.17, 15) is 0 Å². The van der Waals surface area contributed by atoms with Crippen LogP contribution in [0.15, 0.2) is 29.3 Å². The van der Waals surface area contributed by atoms with Crippen molar-refractivity contribution in [3.63, 3.8) is 0 Å². The maximum absolute atomic E-state index is 5.98. The molecule has 1 aromatic heterocycles. The molecule has 0 bridgehead atoms. The number of ether oxygens (including phenoxy) is 1. The summed E-state index contributed by atoms with van der Waals surface area (Å²) in [6, 6.07) is 8.52. The van der Waals surface area contributed by atoms with Gasteiger partial charge in [-0.3, -0.25) is 0 Å². The van der Waals surface area contributed by atoms with E-state index in [1.165, 1.54) is 5.56 Å². The number of rotatable bonds is 7. The number of hydrogen-bond acceptors (Lipinski definition) is 4. The molecule has 2 N–H and O–H groups in total. The van der Waals surface area contributed by atoms with Crippen molar-refractivity contribution in [3.05, 3.63) is 41.5 Å². The first kappa shape index (κ1) is 20.2. The second-order valence-electron chi connectivity index (χ2n) is 7.44. The number of aromatic nitrogens is 3. The molecule has 0 radical (unpaired) electrons. The molecule has 0 amide bonds. The largest absolute Gasteiger partial charge is 0.491 e. The second kappa shape index (κ2) is 9.57. The molecule has 0 spiro atoms. The van der Waals surface area contributed by atoms with Crippen molar-refractivity contribution in [1.82, 2.24) is 25.4 Å². The monoisotopic (exact) mass is 384 g/mol. The topological polar surface area (TPSA) is 76.4 Å². The normalized spacial score (nSPS) is 16.8. The van der Waals surface area contributed by atoms with Gasteiger partial charge in [-0.25, -0.2) is 14.7 Å². The Bertz CT molecular complexity index is 798. The molecule has 2 heterocycles. The Labute approximate surface area is 167 Å². The van der Waals surface area contributed by atoms with Crippen LogP contribution in [0.25, 0.3) is 0 Å². The summed E-state index contributed by atoms with van der Waals surface area (Å²) in [6.45, 7) is 11.2. The number of nitrogens with one attached hydrogen (secondary N) is 2. The number of fused-ring (bicyclic) bond motifs is 1. The number of benzene rings is 1. The van der Waals surface area contributed by atoms with Crippen LogP contribution in [0.3, 0.4) is 0 Å². The Kier molecular flexibility index (Phi) is 6.90. The summed E-state index contributed by atoms with van der Waals surface area (Å²) < 4.78 is 7.99. The summed E-state index contributed by atoms with van der Waals surface area (Å²) in [5, 5.41) is 11.3. The van der Waals surface area contributed by atoms with Crippen LogP contribution in [0.2, 0.25) is 0 Å². The maximum Gasteiger partial charge on any atom is 0.191 e. The zero-order valence-electron chi connectivity index (χ0n) is 17.4. The molecule has 28 heavy (non-hydrogen) atoms. The van der Waals surface area contributed by atoms with E-state index in [-0.39, 0.29) is 0 Å². The smallest absolute Gasteiger partial charge is 0.191 e. The van der Waals surface area contributed by atoms with Crippen molar-refractivity contribution in [2.75, 3.05) is 19.7 Å². The van der Waals surface area contributed by atoms with Crippen LogP contribution in [0.5, 0.6) is 5.75 Å². The van der Waals surface area contributed by atoms with Gasteiger partial charge in [-0.05, 0) is 37.8 Å². The number of aliphatic imine (C=N–C) groups is 1. The fraction of sp³-hybridized carbons (Fsp3) is 0.571. The molecule has 0 saturated heterocycles. The van der Waals surface area contributed by atoms with Gasteiger partial charge in [0.2, 0.25) is 0 Å². The molecule has 2 aromatic rings. The minimum Gasteiger partial charge on any atom is -0.491 e. The Morgan fingerprint density at radius 2 is 2.18 bits per heavy atom. The molecule has 1 aliphatic rings. The number of hydrogen-bond donors (Lipinski definition) is 2. The van der Waals surface area contributed by atoms with Gasteiger partial charge in [0.15, 0.2) is 5.96 Å². The average Bonchev–Trinajstić information content (AvgIpc) is 3.04. The van der Waals surface area contributed by atoms with E-state index < -0.39 is 0 Å². The van der Waals surface area contributed by atoms with E-state index in [0.29, 0.717) is 25.1 Å². The minimum absolute atomic E-state index is 0.300. The highest BCUT2D eigenvalue weighted by Crippen LogP contribution is 2.25. The Morgan fingerprint density at radius 3 is 2.96 bits per heavy atom. The predicted molar refractivity (Wildman–Crippen MR) is 112 cm³/mol. The molecule has 7 nitrogen and oxygen atoms in total. The first-order valence-corrected chi connectivity index (χ1v) is 10.2. The Hall–Kier alpha value is -2.57. The van der Waals surface area contributed by atoms with Crippen molar-refractivity contribution >= 4 is 5.96 Å². The number of guanidine groups is 1. The molecular weight excluding hydrogens is 352 g/mol. The summed E-state index contributed by atoms with van der Waals surface area (Å²) in [5.74, 6) is 4.14. The van der Waals surface area contributed by atoms with E-state index in [1.807, 2.05) is 23.7 Å². The quantitative estimate of drug-likeness (QED) is 0.436. The first-order valence-electron chi connectivity index (χ1n) is 10.2. The zero-order chi connectivity index (χ0) is 19.9. The highest BCUT2D eigenvalue weighted by atomic mass is 16.5. The van der Waals surface area contributed by atoms with Crippen molar-refractivity contribution in [3.8, 4) is 5.75 Å². The van der Waals surface area contributed by atoms with Gasteiger partial charge in [0.25, 0.3) is 0 Å². The highest BCUT2D eigenvalue weighted by molar-refractivity contribution is 5.80. The zero-order valence-corrected chi connectivity index (χ0v) is 17.4. The summed E-state index contributed by atoms with van der Waals surface area (Å²) >= 11 is 0. The Balaban J connectivity index is 1.53. The van der Waals surface area contributed by atoms with Crippen LogP contribution in [0.1, 0.15) is 50.3 Å². The third-order valence-corrected chi connectivity index (χ3v) is 4.81. The van der Waals surface area contributed by atoms with E-state index in [2.05, 4.69) is 58.6 Å². The van der Waals surface area contributed by atoms with E-state index in [1.54, 1.807) is 0 Å². The van der Waals surface area contributed by atoms with Gasteiger partial charge in [-0.15, -0.1) is 0 Å². The van der Waals surface area contributed by atoms with Crippen LogP contribution < -0.4 is 15.4 Å². The van der Waals surface area contributed by atoms with Crippen LogP contribution in [0.4, 0.5) is 0 Å². The van der Waals surface area contributed by atoms with Gasteiger partial charge in [-0.2, -0.15) is 5.10 Å². The lowest BCUT2D eigenvalue weighted by Crippen LogP contribution is -2.47. The minimum atomic E-state index is 0.300. The maximum atomic E-state index is 5.98. The van der Waals surface area contributed by atoms with Gasteiger partial charge < -0.3 is 15.4 Å². The molecule has 0 aliphatic carbocycles. The van der Waals surface area contributed by atoms with Gasteiger partial charge in [0.1, 0.15) is 24.0 Å². The van der Waals surface area contributed by atoms with Gasteiger partial charge in [-0.1, -0.05) is 32.0 Å². The van der Waals surface area contributed by atoms with Crippen molar-refractivity contribution in [1.29, 1.82) is 0 Å². The summed E-state index contributed by atoms with van der Waals surface area (Å²) in [7, 11) is 0. The molecule has 1 unspecified atom stereocenters. The fourth-order valence-corrected chi connectivity index (χ4v) is 3.47. The average molecular weight is 385 g/mol. The van der Waals surface area contributed by atoms with Gasteiger partial charge >= 0.3 is 0 Å². The summed E-state index contributed by atoms with van der Waals surface area (Å²) in [6.07, 6.45) is 1.97. The predicted octanol–water partition coefficient (Wildman–Crippen LogP) is 2.66. The molecule has 3 rings (SSSR count). The lowest BCUT2D eigenvalue weighted by atomic mass is 10.0.